The summed E-state index contributed by atoms with van der Waals surface area (Å²) in [7, 11) is 0. The Balaban J connectivity index is 2.46. The van der Waals surface area contributed by atoms with Crippen molar-refractivity contribution >= 4 is 5.78 Å². The molecule has 5 nitrogen and oxygen atoms in total. The Bertz CT molecular complexity index is 526. The summed E-state index contributed by atoms with van der Waals surface area (Å²) >= 11 is 0. The van der Waals surface area contributed by atoms with Crippen LogP contribution < -0.4 is 0 Å². The van der Waals surface area contributed by atoms with Crippen molar-refractivity contribution < 1.29 is 14.8 Å². The summed E-state index contributed by atoms with van der Waals surface area (Å²) in [6, 6.07) is 8.77. The third kappa shape index (κ3) is 2.33. The minimum Gasteiger partial charge on any atom is -0.389 e. The van der Waals surface area contributed by atoms with E-state index in [1.165, 1.54) is 6.92 Å². The van der Waals surface area contributed by atoms with Crippen molar-refractivity contribution in [3.8, 4) is 0 Å². The van der Waals surface area contributed by atoms with Gasteiger partial charge in [0.15, 0.2) is 0 Å². The predicted octanol–water partition coefficient (Wildman–Crippen LogP) is 2.30. The van der Waals surface area contributed by atoms with Gasteiger partial charge >= 0.3 is 0 Å². The van der Waals surface area contributed by atoms with Crippen molar-refractivity contribution in [1.29, 1.82) is 0 Å². The van der Waals surface area contributed by atoms with E-state index in [1.807, 2.05) is 0 Å². The lowest BCUT2D eigenvalue weighted by atomic mass is 9.65. The number of aliphatic hydroxyl groups is 1. The highest BCUT2D eigenvalue weighted by Crippen LogP contribution is 2.46. The lowest BCUT2D eigenvalue weighted by Gasteiger charge is -2.42. The lowest BCUT2D eigenvalue weighted by Crippen LogP contribution is -2.52. The maximum absolute atomic E-state index is 11.8. The van der Waals surface area contributed by atoms with Crippen molar-refractivity contribution in [2.24, 2.45) is 5.92 Å². The molecule has 0 bridgehead atoms. The molecule has 1 aromatic rings. The molecule has 1 N–H and O–H groups in total. The van der Waals surface area contributed by atoms with Crippen LogP contribution >= 0.6 is 0 Å². The molecule has 0 aromatic heterocycles. The fourth-order valence-corrected chi connectivity index (χ4v) is 3.16. The zero-order valence-electron chi connectivity index (χ0n) is 11.7. The first-order valence-corrected chi connectivity index (χ1v) is 6.72. The third-order valence-corrected chi connectivity index (χ3v) is 4.49. The van der Waals surface area contributed by atoms with Crippen molar-refractivity contribution in [1.82, 2.24) is 0 Å². The van der Waals surface area contributed by atoms with Crippen molar-refractivity contribution in [3.63, 3.8) is 0 Å². The predicted molar refractivity (Wildman–Crippen MR) is 73.8 cm³/mol. The SMILES string of the molecule is CC(=O)[C@H]1C[C@@](c2ccccc2)([N+](=O)[O-])CC[C@@]1(C)O. The maximum atomic E-state index is 11.8. The smallest absolute Gasteiger partial charge is 0.248 e. The van der Waals surface area contributed by atoms with Gasteiger partial charge in [-0.3, -0.25) is 14.9 Å². The molecule has 0 heterocycles. The quantitative estimate of drug-likeness (QED) is 0.679. The molecule has 0 spiro atoms. The highest BCUT2D eigenvalue weighted by molar-refractivity contribution is 5.79. The molecule has 0 saturated heterocycles. The van der Waals surface area contributed by atoms with E-state index in [4.69, 9.17) is 0 Å². The first-order valence-electron chi connectivity index (χ1n) is 6.72. The van der Waals surface area contributed by atoms with Gasteiger partial charge in [-0.25, -0.2) is 0 Å². The second kappa shape index (κ2) is 4.98. The number of hydrogen-bond acceptors (Lipinski definition) is 4. The highest BCUT2D eigenvalue weighted by Gasteiger charge is 2.55. The van der Waals surface area contributed by atoms with Gasteiger partial charge in [0.2, 0.25) is 5.54 Å². The summed E-state index contributed by atoms with van der Waals surface area (Å²) in [5.74, 6) is -0.904. The zero-order valence-corrected chi connectivity index (χ0v) is 11.7. The Morgan fingerprint density at radius 1 is 1.35 bits per heavy atom. The highest BCUT2D eigenvalue weighted by atomic mass is 16.6. The van der Waals surface area contributed by atoms with E-state index in [1.54, 1.807) is 37.3 Å². The number of ketones is 1. The van der Waals surface area contributed by atoms with Crippen LogP contribution in [0.15, 0.2) is 30.3 Å². The Kier molecular flexibility index (Phi) is 3.65. The fourth-order valence-electron chi connectivity index (χ4n) is 3.16. The van der Waals surface area contributed by atoms with E-state index >= 15 is 0 Å². The summed E-state index contributed by atoms with van der Waals surface area (Å²) < 4.78 is 0. The van der Waals surface area contributed by atoms with Crippen LogP contribution in [0.2, 0.25) is 0 Å². The number of rotatable bonds is 3. The monoisotopic (exact) mass is 277 g/mol. The van der Waals surface area contributed by atoms with E-state index in [-0.39, 0.29) is 30.0 Å². The Labute approximate surface area is 117 Å². The van der Waals surface area contributed by atoms with Crippen LogP contribution in [0.4, 0.5) is 0 Å². The molecule has 1 aliphatic rings. The Hall–Kier alpha value is -1.75. The van der Waals surface area contributed by atoms with Gasteiger partial charge in [0, 0.05) is 23.3 Å². The molecule has 1 aromatic carbocycles. The largest absolute Gasteiger partial charge is 0.389 e. The number of nitrogens with zero attached hydrogens (tertiary/aromatic N) is 1. The molecule has 3 atom stereocenters. The lowest BCUT2D eigenvalue weighted by molar-refractivity contribution is -0.588. The van der Waals surface area contributed by atoms with Crippen LogP contribution in [-0.2, 0) is 10.3 Å². The van der Waals surface area contributed by atoms with Gasteiger partial charge in [0.1, 0.15) is 5.78 Å². The topological polar surface area (TPSA) is 80.4 Å². The molecule has 0 unspecified atom stereocenters. The molecule has 1 saturated carbocycles. The molecule has 0 radical (unpaired) electrons. The van der Waals surface area contributed by atoms with Gasteiger partial charge in [-0.15, -0.1) is 0 Å². The minimum absolute atomic E-state index is 0.0480. The molecular formula is C15H19NO4. The molecule has 5 heteroatoms. The van der Waals surface area contributed by atoms with Crippen LogP contribution in [0, 0.1) is 16.0 Å². The second-order valence-electron chi connectivity index (χ2n) is 5.88. The van der Waals surface area contributed by atoms with Gasteiger partial charge < -0.3 is 5.11 Å². The molecule has 1 aliphatic carbocycles. The first-order chi connectivity index (χ1) is 9.29. The minimum atomic E-state index is -1.28. The molecule has 0 aliphatic heterocycles. The van der Waals surface area contributed by atoms with Gasteiger partial charge in [-0.2, -0.15) is 0 Å². The normalized spacial score (nSPS) is 33.6. The van der Waals surface area contributed by atoms with Gasteiger partial charge in [-0.05, 0) is 20.3 Å². The molecule has 1 fully saturated rings. The number of nitro groups is 1. The second-order valence-corrected chi connectivity index (χ2v) is 5.88. The van der Waals surface area contributed by atoms with Gasteiger partial charge in [-0.1, -0.05) is 30.3 Å². The summed E-state index contributed by atoms with van der Waals surface area (Å²) in [5, 5.41) is 22.0. The Morgan fingerprint density at radius 2 is 1.95 bits per heavy atom. The van der Waals surface area contributed by atoms with Crippen LogP contribution in [0.3, 0.4) is 0 Å². The van der Waals surface area contributed by atoms with E-state index in [9.17, 15) is 20.0 Å². The fraction of sp³-hybridized carbons (Fsp3) is 0.533. The van der Waals surface area contributed by atoms with Crippen LogP contribution in [0.25, 0.3) is 0 Å². The third-order valence-electron chi connectivity index (χ3n) is 4.49. The first kappa shape index (κ1) is 14.7. The van der Waals surface area contributed by atoms with Crippen LogP contribution in [-0.4, -0.2) is 21.4 Å². The van der Waals surface area contributed by atoms with Crippen molar-refractivity contribution in [3.05, 3.63) is 46.0 Å². The summed E-state index contributed by atoms with van der Waals surface area (Å²) in [6.45, 7) is 2.98. The average Bonchev–Trinajstić information content (AvgIpc) is 2.39. The average molecular weight is 277 g/mol. The van der Waals surface area contributed by atoms with Crippen LogP contribution in [0.1, 0.15) is 38.7 Å². The standard InChI is InChI=1S/C15H19NO4/c1-11(17)13-10-15(16(19)20,9-8-14(13,2)18)12-6-4-3-5-7-12/h3-7,13,18H,8-10H2,1-2H3/t13-,14-,15+/m1/s1. The van der Waals surface area contributed by atoms with Crippen molar-refractivity contribution in [2.45, 2.75) is 44.2 Å². The summed E-state index contributed by atoms with van der Waals surface area (Å²) in [6.07, 6.45) is 0.528. The van der Waals surface area contributed by atoms with E-state index in [0.29, 0.717) is 5.56 Å². The number of Topliss-reactive ketones (excluding diaryl/α,β-unsaturated/α-hetero) is 1. The molecular weight excluding hydrogens is 258 g/mol. The molecule has 0 amide bonds. The van der Waals surface area contributed by atoms with E-state index in [0.717, 1.165) is 0 Å². The molecule has 108 valence electrons. The van der Waals surface area contributed by atoms with E-state index in [2.05, 4.69) is 0 Å². The molecule has 20 heavy (non-hydrogen) atoms. The number of carbonyl (C=O) groups is 1. The zero-order chi connectivity index (χ0) is 15.0. The number of carbonyl (C=O) groups excluding carboxylic acids is 1. The van der Waals surface area contributed by atoms with E-state index < -0.39 is 17.1 Å². The maximum Gasteiger partial charge on any atom is 0.248 e. The van der Waals surface area contributed by atoms with Crippen LogP contribution in [0.5, 0.6) is 0 Å². The molecule has 2 rings (SSSR count). The van der Waals surface area contributed by atoms with Crippen molar-refractivity contribution in [2.75, 3.05) is 0 Å². The number of benzene rings is 1. The number of hydrogen-bond donors (Lipinski definition) is 1. The summed E-state index contributed by atoms with van der Waals surface area (Å²) in [5.41, 5.74) is -1.84. The summed E-state index contributed by atoms with van der Waals surface area (Å²) in [4.78, 5) is 23.1. The van der Waals surface area contributed by atoms with Gasteiger partial charge in [0.25, 0.3) is 0 Å². The van der Waals surface area contributed by atoms with Gasteiger partial charge in [0.05, 0.1) is 11.5 Å². The Morgan fingerprint density at radius 3 is 2.45 bits per heavy atom.